The maximum absolute atomic E-state index is 13.8. The molecule has 1 unspecified atom stereocenters. The van der Waals surface area contributed by atoms with Crippen LogP contribution in [0, 0.1) is 12.7 Å². The van der Waals surface area contributed by atoms with Gasteiger partial charge in [-0.2, -0.15) is 0 Å². The second-order valence-corrected chi connectivity index (χ2v) is 6.93. The Morgan fingerprint density at radius 2 is 2.08 bits per heavy atom. The van der Waals surface area contributed by atoms with Crippen LogP contribution in [0.1, 0.15) is 15.9 Å². The maximum Gasteiger partial charge on any atom is 0.254 e. The van der Waals surface area contributed by atoms with Crippen molar-refractivity contribution in [1.82, 2.24) is 4.90 Å². The zero-order chi connectivity index (χ0) is 18.7. The number of amides is 1. The standard InChI is InChI=1S/C19H18Cl2FNO3/c1-12-2-5-17(22)18(8-12)26-11-14-10-23(6-7-25-14)19(24)13-3-4-15(20)16(21)9-13/h2-5,8-9,14H,6-7,10-11H2,1H3. The van der Waals surface area contributed by atoms with Crippen LogP contribution < -0.4 is 4.74 Å². The number of aryl methyl sites for hydroxylation is 1. The van der Waals surface area contributed by atoms with E-state index in [1.54, 1.807) is 35.2 Å². The topological polar surface area (TPSA) is 38.8 Å². The molecule has 0 N–H and O–H groups in total. The average molecular weight is 398 g/mol. The maximum atomic E-state index is 13.8. The van der Waals surface area contributed by atoms with E-state index in [1.165, 1.54) is 6.07 Å². The molecule has 138 valence electrons. The molecule has 26 heavy (non-hydrogen) atoms. The van der Waals surface area contributed by atoms with Gasteiger partial charge in [-0.1, -0.05) is 29.3 Å². The fraction of sp³-hybridized carbons (Fsp3) is 0.316. The quantitative estimate of drug-likeness (QED) is 0.768. The number of benzene rings is 2. The van der Waals surface area contributed by atoms with Gasteiger partial charge in [-0.15, -0.1) is 0 Å². The van der Waals surface area contributed by atoms with Crippen LogP contribution in [0.4, 0.5) is 4.39 Å². The van der Waals surface area contributed by atoms with Crippen LogP contribution in [0.2, 0.25) is 10.0 Å². The first-order valence-electron chi connectivity index (χ1n) is 8.19. The number of carbonyl (C=O) groups is 1. The molecule has 0 aliphatic carbocycles. The molecule has 1 atom stereocenters. The Kier molecular flexibility index (Phi) is 6.01. The molecule has 2 aromatic carbocycles. The van der Waals surface area contributed by atoms with Crippen molar-refractivity contribution in [2.45, 2.75) is 13.0 Å². The van der Waals surface area contributed by atoms with E-state index in [9.17, 15) is 9.18 Å². The van der Waals surface area contributed by atoms with Crippen LogP contribution >= 0.6 is 23.2 Å². The van der Waals surface area contributed by atoms with Gasteiger partial charge >= 0.3 is 0 Å². The van der Waals surface area contributed by atoms with E-state index < -0.39 is 5.82 Å². The number of morpholine rings is 1. The molecule has 0 spiro atoms. The van der Waals surface area contributed by atoms with Crippen molar-refractivity contribution in [1.29, 1.82) is 0 Å². The largest absolute Gasteiger partial charge is 0.488 e. The summed E-state index contributed by atoms with van der Waals surface area (Å²) < 4.78 is 25.0. The Morgan fingerprint density at radius 1 is 1.27 bits per heavy atom. The lowest BCUT2D eigenvalue weighted by Crippen LogP contribution is -2.47. The first-order valence-corrected chi connectivity index (χ1v) is 8.94. The number of rotatable bonds is 4. The third kappa shape index (κ3) is 4.47. The van der Waals surface area contributed by atoms with Crippen LogP contribution in [0.3, 0.4) is 0 Å². The Labute approximate surface area is 161 Å². The second-order valence-electron chi connectivity index (χ2n) is 6.12. The molecule has 0 radical (unpaired) electrons. The monoisotopic (exact) mass is 397 g/mol. The zero-order valence-electron chi connectivity index (χ0n) is 14.2. The van der Waals surface area contributed by atoms with Gasteiger partial charge in [-0.3, -0.25) is 4.79 Å². The van der Waals surface area contributed by atoms with Crippen molar-refractivity contribution in [2.75, 3.05) is 26.3 Å². The highest BCUT2D eigenvalue weighted by atomic mass is 35.5. The molecule has 1 saturated heterocycles. The SMILES string of the molecule is Cc1ccc(F)c(OCC2CN(C(=O)c3ccc(Cl)c(Cl)c3)CCO2)c1. The van der Waals surface area contributed by atoms with Crippen LogP contribution in [0.5, 0.6) is 5.75 Å². The first-order chi connectivity index (χ1) is 12.4. The molecule has 4 nitrogen and oxygen atoms in total. The van der Waals surface area contributed by atoms with Crippen molar-refractivity contribution in [3.05, 3.63) is 63.4 Å². The molecule has 2 aromatic rings. The molecule has 0 saturated carbocycles. The first kappa shape index (κ1) is 19.0. The van der Waals surface area contributed by atoms with Gasteiger partial charge in [0.2, 0.25) is 0 Å². The molecule has 1 aliphatic rings. The second kappa shape index (κ2) is 8.25. The Morgan fingerprint density at radius 3 is 2.85 bits per heavy atom. The predicted molar refractivity (Wildman–Crippen MR) is 98.7 cm³/mol. The van der Waals surface area contributed by atoms with Gasteiger partial charge in [0.15, 0.2) is 11.6 Å². The van der Waals surface area contributed by atoms with Crippen molar-refractivity contribution in [2.24, 2.45) is 0 Å². The summed E-state index contributed by atoms with van der Waals surface area (Å²) in [7, 11) is 0. The molecular formula is C19H18Cl2FNO3. The summed E-state index contributed by atoms with van der Waals surface area (Å²) in [6.45, 7) is 3.23. The Hall–Kier alpha value is -1.82. The minimum atomic E-state index is -0.421. The molecule has 1 aliphatic heterocycles. The Bertz CT molecular complexity index is 815. The van der Waals surface area contributed by atoms with Gasteiger partial charge in [0.05, 0.1) is 23.2 Å². The van der Waals surface area contributed by atoms with Gasteiger partial charge in [-0.25, -0.2) is 4.39 Å². The summed E-state index contributed by atoms with van der Waals surface area (Å²) in [5.41, 5.74) is 1.37. The highest BCUT2D eigenvalue weighted by Gasteiger charge is 2.26. The zero-order valence-corrected chi connectivity index (χ0v) is 15.7. The highest BCUT2D eigenvalue weighted by Crippen LogP contribution is 2.24. The lowest BCUT2D eigenvalue weighted by Gasteiger charge is -2.33. The van der Waals surface area contributed by atoms with Crippen LogP contribution in [0.25, 0.3) is 0 Å². The van der Waals surface area contributed by atoms with E-state index in [0.717, 1.165) is 5.56 Å². The number of ether oxygens (including phenoxy) is 2. The van der Waals surface area contributed by atoms with Crippen LogP contribution in [0.15, 0.2) is 36.4 Å². The molecule has 1 amide bonds. The van der Waals surface area contributed by atoms with Crippen molar-refractivity contribution < 1.29 is 18.7 Å². The van der Waals surface area contributed by atoms with E-state index in [0.29, 0.717) is 35.3 Å². The molecule has 1 fully saturated rings. The number of halogens is 3. The van der Waals surface area contributed by atoms with Crippen LogP contribution in [-0.2, 0) is 4.74 Å². The summed E-state index contributed by atoms with van der Waals surface area (Å²) in [6.07, 6.45) is -0.338. The average Bonchev–Trinajstić information content (AvgIpc) is 2.64. The third-order valence-corrected chi connectivity index (χ3v) is 4.84. The lowest BCUT2D eigenvalue weighted by atomic mass is 10.1. The summed E-state index contributed by atoms with van der Waals surface area (Å²) in [5.74, 6) is -0.393. The fourth-order valence-corrected chi connectivity index (χ4v) is 3.02. The molecular weight excluding hydrogens is 380 g/mol. The van der Waals surface area contributed by atoms with E-state index in [1.807, 2.05) is 6.92 Å². The van der Waals surface area contributed by atoms with Gasteiger partial charge in [-0.05, 0) is 42.8 Å². The third-order valence-electron chi connectivity index (χ3n) is 4.10. The summed E-state index contributed by atoms with van der Waals surface area (Å²) in [5, 5.41) is 0.734. The van der Waals surface area contributed by atoms with Gasteiger partial charge in [0, 0.05) is 12.1 Å². The van der Waals surface area contributed by atoms with E-state index in [-0.39, 0.29) is 24.4 Å². The highest BCUT2D eigenvalue weighted by molar-refractivity contribution is 6.42. The summed E-state index contributed by atoms with van der Waals surface area (Å²) in [4.78, 5) is 14.3. The van der Waals surface area contributed by atoms with Gasteiger partial charge in [0.1, 0.15) is 12.7 Å². The van der Waals surface area contributed by atoms with Crippen molar-refractivity contribution in [3.63, 3.8) is 0 Å². The lowest BCUT2D eigenvalue weighted by molar-refractivity contribution is -0.0405. The predicted octanol–water partition coefficient (Wildman–Crippen LogP) is 4.36. The Balaban J connectivity index is 1.62. The van der Waals surface area contributed by atoms with E-state index in [4.69, 9.17) is 32.7 Å². The normalized spacial score (nSPS) is 17.2. The van der Waals surface area contributed by atoms with E-state index in [2.05, 4.69) is 0 Å². The number of carbonyl (C=O) groups excluding carboxylic acids is 1. The molecule has 0 bridgehead atoms. The summed E-state index contributed by atoms with van der Waals surface area (Å²) >= 11 is 11.9. The summed E-state index contributed by atoms with van der Waals surface area (Å²) in [6, 6.07) is 9.47. The number of nitrogens with zero attached hydrogens (tertiary/aromatic N) is 1. The minimum absolute atomic E-state index is 0.154. The molecule has 0 aromatic heterocycles. The molecule has 7 heteroatoms. The number of hydrogen-bond donors (Lipinski definition) is 0. The molecule has 1 heterocycles. The van der Waals surface area contributed by atoms with Gasteiger partial charge in [0.25, 0.3) is 5.91 Å². The van der Waals surface area contributed by atoms with Crippen molar-refractivity contribution in [3.8, 4) is 5.75 Å². The van der Waals surface area contributed by atoms with E-state index >= 15 is 0 Å². The van der Waals surface area contributed by atoms with Crippen LogP contribution in [-0.4, -0.2) is 43.2 Å². The minimum Gasteiger partial charge on any atom is -0.488 e. The van der Waals surface area contributed by atoms with Crippen molar-refractivity contribution >= 4 is 29.1 Å². The number of hydrogen-bond acceptors (Lipinski definition) is 3. The molecule has 3 rings (SSSR count). The van der Waals surface area contributed by atoms with Gasteiger partial charge < -0.3 is 14.4 Å². The fourth-order valence-electron chi connectivity index (χ4n) is 2.72. The smallest absolute Gasteiger partial charge is 0.254 e.